The van der Waals surface area contributed by atoms with E-state index in [1.807, 2.05) is 20.8 Å². The van der Waals surface area contributed by atoms with E-state index in [0.29, 0.717) is 0 Å². The van der Waals surface area contributed by atoms with Gasteiger partial charge < -0.3 is 0 Å². The summed E-state index contributed by atoms with van der Waals surface area (Å²) in [5, 5.41) is 0. The molecule has 0 bridgehead atoms. The van der Waals surface area contributed by atoms with E-state index in [9.17, 15) is 4.21 Å². The Morgan fingerprint density at radius 3 is 2.00 bits per heavy atom. The molecule has 0 aromatic rings. The molecule has 5 heteroatoms. The minimum atomic E-state index is -1.97. The van der Waals surface area contributed by atoms with Crippen molar-refractivity contribution in [3.05, 3.63) is 0 Å². The fourth-order valence-electron chi connectivity index (χ4n) is 0.197. The zero-order chi connectivity index (χ0) is 7.49. The van der Waals surface area contributed by atoms with Crippen LogP contribution in [0.4, 0.5) is 0 Å². The van der Waals surface area contributed by atoms with Crippen molar-refractivity contribution >= 4 is 11.3 Å². The lowest BCUT2D eigenvalue weighted by atomic mass is 10.1. The van der Waals surface area contributed by atoms with Crippen molar-refractivity contribution < 1.29 is 8.76 Å². The first-order valence-electron chi connectivity index (χ1n) is 2.55. The second kappa shape index (κ2) is 3.26. The SMILES string of the molecule is CC(C)(C)NNS(=O)O. The lowest BCUT2D eigenvalue weighted by molar-refractivity contribution is 0.397. The molecule has 0 fully saturated rings. The summed E-state index contributed by atoms with van der Waals surface area (Å²) in [7, 11) is 0. The monoisotopic (exact) mass is 152 g/mol. The maximum Gasteiger partial charge on any atom is 0.245 e. The summed E-state index contributed by atoms with van der Waals surface area (Å²) in [6, 6.07) is 0. The van der Waals surface area contributed by atoms with Gasteiger partial charge in [0, 0.05) is 5.54 Å². The van der Waals surface area contributed by atoms with E-state index < -0.39 is 11.3 Å². The third-order valence-electron chi connectivity index (χ3n) is 0.513. The molecule has 0 aromatic carbocycles. The highest BCUT2D eigenvalue weighted by atomic mass is 32.2. The van der Waals surface area contributed by atoms with Gasteiger partial charge >= 0.3 is 0 Å². The molecule has 0 saturated carbocycles. The fourth-order valence-corrected chi connectivity index (χ4v) is 0.590. The van der Waals surface area contributed by atoms with Crippen LogP contribution >= 0.6 is 0 Å². The molecule has 0 radical (unpaired) electrons. The smallest absolute Gasteiger partial charge is 0.245 e. The van der Waals surface area contributed by atoms with Crippen LogP contribution in [0.5, 0.6) is 0 Å². The van der Waals surface area contributed by atoms with Gasteiger partial charge in [-0.2, -0.15) is 4.83 Å². The van der Waals surface area contributed by atoms with Crippen LogP contribution in [0.1, 0.15) is 20.8 Å². The molecular weight excluding hydrogens is 140 g/mol. The van der Waals surface area contributed by atoms with Gasteiger partial charge in [0.25, 0.3) is 0 Å². The molecule has 0 amide bonds. The zero-order valence-corrected chi connectivity index (χ0v) is 6.58. The van der Waals surface area contributed by atoms with E-state index in [-0.39, 0.29) is 5.54 Å². The highest BCUT2D eigenvalue weighted by Crippen LogP contribution is 1.94. The molecule has 0 aliphatic carbocycles. The van der Waals surface area contributed by atoms with Crippen LogP contribution in [0, 0.1) is 0 Å². The van der Waals surface area contributed by atoms with Gasteiger partial charge in [-0.15, -0.1) is 0 Å². The van der Waals surface area contributed by atoms with Crippen LogP contribution in [0.2, 0.25) is 0 Å². The molecule has 4 nitrogen and oxygen atoms in total. The van der Waals surface area contributed by atoms with Crippen molar-refractivity contribution in [2.24, 2.45) is 0 Å². The molecule has 0 aromatic heterocycles. The molecule has 9 heavy (non-hydrogen) atoms. The summed E-state index contributed by atoms with van der Waals surface area (Å²) >= 11 is -1.97. The predicted octanol–water partition coefficient (Wildman–Crippen LogP) is 0.0158. The van der Waals surface area contributed by atoms with Crippen molar-refractivity contribution in [1.82, 2.24) is 10.3 Å². The summed E-state index contributed by atoms with van der Waals surface area (Å²) in [4.78, 5) is 2.16. The summed E-state index contributed by atoms with van der Waals surface area (Å²) in [6.07, 6.45) is 0. The summed E-state index contributed by atoms with van der Waals surface area (Å²) in [5.74, 6) is 0. The Hall–Kier alpha value is 0.0300. The first-order chi connectivity index (χ1) is 3.92. The Morgan fingerprint density at radius 2 is 1.89 bits per heavy atom. The van der Waals surface area contributed by atoms with Crippen LogP contribution in [-0.2, 0) is 11.3 Å². The normalized spacial score (nSPS) is 15.6. The Labute approximate surface area is 57.4 Å². The zero-order valence-electron chi connectivity index (χ0n) is 5.76. The molecule has 0 heterocycles. The van der Waals surface area contributed by atoms with E-state index in [1.54, 1.807) is 0 Å². The maximum atomic E-state index is 9.98. The topological polar surface area (TPSA) is 61.4 Å². The number of rotatable bonds is 2. The van der Waals surface area contributed by atoms with E-state index in [2.05, 4.69) is 10.3 Å². The van der Waals surface area contributed by atoms with Gasteiger partial charge in [-0.05, 0) is 20.8 Å². The van der Waals surface area contributed by atoms with Crippen molar-refractivity contribution in [2.45, 2.75) is 26.3 Å². The largest absolute Gasteiger partial charge is 0.293 e. The predicted molar refractivity (Wildman–Crippen MR) is 36.8 cm³/mol. The lowest BCUT2D eigenvalue weighted by Gasteiger charge is -2.18. The van der Waals surface area contributed by atoms with Gasteiger partial charge in [0.2, 0.25) is 11.3 Å². The van der Waals surface area contributed by atoms with Gasteiger partial charge in [-0.25, -0.2) is 9.63 Å². The van der Waals surface area contributed by atoms with Gasteiger partial charge in [0.05, 0.1) is 0 Å². The van der Waals surface area contributed by atoms with Crippen LogP contribution in [0.3, 0.4) is 0 Å². The van der Waals surface area contributed by atoms with Crippen molar-refractivity contribution in [2.75, 3.05) is 0 Å². The highest BCUT2D eigenvalue weighted by Gasteiger charge is 2.08. The standard InChI is InChI=1S/C4H12N2O2S/c1-4(2,3)5-6-9(7)8/h5-6H,1-3H3,(H,7,8). The first-order valence-corrected chi connectivity index (χ1v) is 3.66. The van der Waals surface area contributed by atoms with Crippen LogP contribution < -0.4 is 10.3 Å². The van der Waals surface area contributed by atoms with Gasteiger partial charge in [-0.1, -0.05) is 0 Å². The number of nitrogens with one attached hydrogen (secondary N) is 2. The molecule has 0 saturated heterocycles. The quantitative estimate of drug-likeness (QED) is 0.386. The maximum absolute atomic E-state index is 9.98. The molecule has 0 rings (SSSR count). The van der Waals surface area contributed by atoms with Gasteiger partial charge in [0.15, 0.2) is 0 Å². The second-order valence-electron chi connectivity index (χ2n) is 2.73. The van der Waals surface area contributed by atoms with Crippen molar-refractivity contribution in [3.8, 4) is 0 Å². The highest BCUT2D eigenvalue weighted by molar-refractivity contribution is 7.77. The Balaban J connectivity index is 3.39. The fraction of sp³-hybridized carbons (Fsp3) is 1.00. The average Bonchev–Trinajstić information content (AvgIpc) is 1.59. The van der Waals surface area contributed by atoms with Gasteiger partial charge in [0.1, 0.15) is 0 Å². The minimum absolute atomic E-state index is 0.182. The van der Waals surface area contributed by atoms with Crippen LogP contribution in [0.15, 0.2) is 0 Å². The summed E-state index contributed by atoms with van der Waals surface area (Å²) in [5.41, 5.74) is 2.44. The number of hydrazine groups is 1. The van der Waals surface area contributed by atoms with E-state index >= 15 is 0 Å². The molecule has 56 valence electrons. The van der Waals surface area contributed by atoms with Crippen LogP contribution in [-0.4, -0.2) is 14.3 Å². The van der Waals surface area contributed by atoms with Crippen LogP contribution in [0.25, 0.3) is 0 Å². The molecule has 3 N–H and O–H groups in total. The van der Waals surface area contributed by atoms with E-state index in [1.165, 1.54) is 0 Å². The molecule has 1 unspecified atom stereocenters. The number of hydrogen-bond donors (Lipinski definition) is 3. The molecule has 0 spiro atoms. The third-order valence-corrected chi connectivity index (χ3v) is 0.790. The Bertz CT molecular complexity index is 110. The third kappa shape index (κ3) is 8.03. The Morgan fingerprint density at radius 1 is 1.44 bits per heavy atom. The summed E-state index contributed by atoms with van der Waals surface area (Å²) in [6.45, 7) is 5.65. The van der Waals surface area contributed by atoms with Crippen molar-refractivity contribution in [1.29, 1.82) is 0 Å². The molecule has 0 aliphatic heterocycles. The first kappa shape index (κ1) is 9.03. The molecular formula is C4H12N2O2S. The lowest BCUT2D eigenvalue weighted by Crippen LogP contribution is -2.46. The molecule has 0 aliphatic rings. The molecule has 1 atom stereocenters. The minimum Gasteiger partial charge on any atom is -0.293 e. The Kier molecular flexibility index (Phi) is 3.27. The number of hydrogen-bond acceptors (Lipinski definition) is 2. The summed E-state index contributed by atoms with van der Waals surface area (Å²) < 4.78 is 18.2. The van der Waals surface area contributed by atoms with E-state index in [4.69, 9.17) is 4.55 Å². The second-order valence-corrected chi connectivity index (χ2v) is 3.43. The van der Waals surface area contributed by atoms with E-state index in [0.717, 1.165) is 0 Å². The average molecular weight is 152 g/mol. The van der Waals surface area contributed by atoms with Gasteiger partial charge in [-0.3, -0.25) is 4.55 Å². The van der Waals surface area contributed by atoms with Crippen molar-refractivity contribution in [3.63, 3.8) is 0 Å².